The molecule has 0 aromatic heterocycles. The number of amides is 1. The van der Waals surface area contributed by atoms with Crippen LogP contribution in [-0.2, 0) is 4.79 Å². The van der Waals surface area contributed by atoms with Crippen molar-refractivity contribution in [2.75, 3.05) is 26.0 Å². The summed E-state index contributed by atoms with van der Waals surface area (Å²) in [5.41, 5.74) is 0. The van der Waals surface area contributed by atoms with Gasteiger partial charge in [-0.25, -0.2) is 0 Å². The molecule has 96 valence electrons. The van der Waals surface area contributed by atoms with Crippen molar-refractivity contribution in [3.63, 3.8) is 0 Å². The van der Waals surface area contributed by atoms with E-state index >= 15 is 0 Å². The molecule has 0 aliphatic carbocycles. The first-order valence-corrected chi connectivity index (χ1v) is 7.08. The third-order valence-electron chi connectivity index (χ3n) is 2.48. The molecule has 0 saturated heterocycles. The molecular formula is C11H24N2O2S. The van der Waals surface area contributed by atoms with Crippen molar-refractivity contribution in [2.24, 2.45) is 0 Å². The Bertz CT molecular complexity index is 187. The van der Waals surface area contributed by atoms with E-state index in [1.807, 2.05) is 13.2 Å². The Morgan fingerprint density at radius 2 is 2.19 bits per heavy atom. The van der Waals surface area contributed by atoms with Gasteiger partial charge in [0.05, 0.1) is 13.2 Å². The number of rotatable bonds is 9. The first-order chi connectivity index (χ1) is 7.65. The molecule has 2 unspecified atom stereocenters. The predicted molar refractivity (Wildman–Crippen MR) is 69.8 cm³/mol. The molecule has 16 heavy (non-hydrogen) atoms. The van der Waals surface area contributed by atoms with Crippen LogP contribution < -0.4 is 10.6 Å². The van der Waals surface area contributed by atoms with Crippen LogP contribution in [0.3, 0.4) is 0 Å². The first kappa shape index (κ1) is 15.7. The van der Waals surface area contributed by atoms with Gasteiger partial charge in [0, 0.05) is 17.8 Å². The number of aliphatic hydroxyl groups is 1. The maximum atomic E-state index is 11.4. The minimum atomic E-state index is 0.0260. The molecule has 0 radical (unpaired) electrons. The summed E-state index contributed by atoms with van der Waals surface area (Å²) in [7, 11) is 0. The molecule has 0 aliphatic heterocycles. The topological polar surface area (TPSA) is 61.4 Å². The number of unbranched alkanes of at least 4 members (excludes halogenated alkanes) is 1. The number of carbonyl (C=O) groups excluding carboxylic acids is 1. The fourth-order valence-corrected chi connectivity index (χ4v) is 1.94. The Balaban J connectivity index is 3.65. The molecule has 2 atom stereocenters. The zero-order valence-corrected chi connectivity index (χ0v) is 11.3. The maximum absolute atomic E-state index is 11.4. The molecular weight excluding hydrogens is 224 g/mol. The van der Waals surface area contributed by atoms with Crippen molar-refractivity contribution in [2.45, 2.75) is 38.0 Å². The Morgan fingerprint density at radius 3 is 2.69 bits per heavy atom. The summed E-state index contributed by atoms with van der Waals surface area (Å²) in [6, 6.07) is 0.136. The normalized spacial score (nSPS) is 14.5. The van der Waals surface area contributed by atoms with E-state index in [4.69, 9.17) is 5.11 Å². The van der Waals surface area contributed by atoms with Gasteiger partial charge in [0.2, 0.25) is 5.91 Å². The molecule has 0 aromatic rings. The summed E-state index contributed by atoms with van der Waals surface area (Å²) in [5.74, 6) is 0.0260. The van der Waals surface area contributed by atoms with E-state index in [2.05, 4.69) is 17.6 Å². The van der Waals surface area contributed by atoms with Gasteiger partial charge in [0.15, 0.2) is 0 Å². The molecule has 0 aliphatic rings. The highest BCUT2D eigenvalue weighted by molar-refractivity contribution is 7.99. The van der Waals surface area contributed by atoms with E-state index in [1.165, 1.54) is 0 Å². The zero-order chi connectivity index (χ0) is 12.4. The first-order valence-electron chi connectivity index (χ1n) is 5.79. The lowest BCUT2D eigenvalue weighted by Crippen LogP contribution is -2.43. The number of thioether (sulfide) groups is 1. The minimum Gasteiger partial charge on any atom is -0.395 e. The largest absolute Gasteiger partial charge is 0.395 e. The Morgan fingerprint density at radius 1 is 1.50 bits per heavy atom. The Labute approximate surface area is 103 Å². The van der Waals surface area contributed by atoms with Gasteiger partial charge in [0.1, 0.15) is 0 Å². The highest BCUT2D eigenvalue weighted by Gasteiger charge is 2.15. The van der Waals surface area contributed by atoms with Gasteiger partial charge < -0.3 is 15.7 Å². The summed E-state index contributed by atoms with van der Waals surface area (Å²) in [6.07, 6.45) is 4.06. The second-order valence-corrected chi connectivity index (χ2v) is 4.91. The van der Waals surface area contributed by atoms with Crippen LogP contribution >= 0.6 is 11.8 Å². The average molecular weight is 248 g/mol. The highest BCUT2D eigenvalue weighted by atomic mass is 32.2. The lowest BCUT2D eigenvalue weighted by atomic mass is 10.2. The highest BCUT2D eigenvalue weighted by Crippen LogP contribution is 2.09. The van der Waals surface area contributed by atoms with E-state index in [1.54, 1.807) is 11.8 Å². The third-order valence-corrected chi connectivity index (χ3v) is 3.64. The second-order valence-electron chi connectivity index (χ2n) is 3.83. The Hall–Kier alpha value is -0.260. The summed E-state index contributed by atoms with van der Waals surface area (Å²) >= 11 is 1.61. The van der Waals surface area contributed by atoms with E-state index in [0.29, 0.717) is 6.54 Å². The summed E-state index contributed by atoms with van der Waals surface area (Å²) in [4.78, 5) is 11.4. The minimum absolute atomic E-state index is 0.0260. The van der Waals surface area contributed by atoms with Gasteiger partial charge in [-0.15, -0.1) is 0 Å². The molecule has 0 aromatic carbocycles. The molecule has 0 spiro atoms. The van der Waals surface area contributed by atoms with E-state index in [0.717, 1.165) is 19.4 Å². The molecule has 0 rings (SSSR count). The van der Waals surface area contributed by atoms with Gasteiger partial charge in [-0.3, -0.25) is 4.79 Å². The van der Waals surface area contributed by atoms with Crippen molar-refractivity contribution in [1.29, 1.82) is 0 Å². The third kappa shape index (κ3) is 7.09. The Kier molecular flexibility index (Phi) is 9.77. The van der Waals surface area contributed by atoms with Crippen molar-refractivity contribution < 1.29 is 9.90 Å². The number of aliphatic hydroxyl groups excluding tert-OH is 1. The van der Waals surface area contributed by atoms with E-state index in [9.17, 15) is 4.79 Å². The predicted octanol–water partition coefficient (Wildman–Crippen LogP) is 0.605. The quantitative estimate of drug-likeness (QED) is 0.523. The number of hydrogen-bond acceptors (Lipinski definition) is 4. The van der Waals surface area contributed by atoms with Crippen molar-refractivity contribution in [3.05, 3.63) is 0 Å². The molecule has 1 amide bonds. The van der Waals surface area contributed by atoms with Gasteiger partial charge >= 0.3 is 0 Å². The second kappa shape index (κ2) is 9.93. The fourth-order valence-electron chi connectivity index (χ4n) is 1.29. The van der Waals surface area contributed by atoms with Crippen LogP contribution in [0, 0.1) is 0 Å². The number of hydrogen-bond donors (Lipinski definition) is 3. The smallest absolute Gasteiger partial charge is 0.233 e. The van der Waals surface area contributed by atoms with Gasteiger partial charge in [0.25, 0.3) is 0 Å². The van der Waals surface area contributed by atoms with E-state index < -0.39 is 0 Å². The monoisotopic (exact) mass is 248 g/mol. The molecule has 0 fully saturated rings. The van der Waals surface area contributed by atoms with Gasteiger partial charge in [-0.1, -0.05) is 13.3 Å². The van der Waals surface area contributed by atoms with Crippen LogP contribution in [0.25, 0.3) is 0 Å². The standard InChI is InChI=1S/C11H24N2O2S/c1-4-5-6-12-11(15)7-13-9(2)10(8-14)16-3/h9-10,13-14H,4-8H2,1-3H3,(H,12,15). The van der Waals surface area contributed by atoms with Crippen LogP contribution in [0.15, 0.2) is 0 Å². The SMILES string of the molecule is CCCCNC(=O)CNC(C)C(CO)SC. The van der Waals surface area contributed by atoms with Crippen molar-refractivity contribution in [1.82, 2.24) is 10.6 Å². The molecule has 5 heteroatoms. The number of nitrogens with one attached hydrogen (secondary N) is 2. The van der Waals surface area contributed by atoms with Crippen LogP contribution in [0.2, 0.25) is 0 Å². The fraction of sp³-hybridized carbons (Fsp3) is 0.909. The van der Waals surface area contributed by atoms with E-state index in [-0.39, 0.29) is 23.8 Å². The van der Waals surface area contributed by atoms with Gasteiger partial charge in [-0.2, -0.15) is 11.8 Å². The molecule has 0 heterocycles. The molecule has 3 N–H and O–H groups in total. The summed E-state index contributed by atoms with van der Waals surface area (Å²) in [6.45, 7) is 5.28. The van der Waals surface area contributed by atoms with Crippen LogP contribution in [0.5, 0.6) is 0 Å². The van der Waals surface area contributed by atoms with Crippen LogP contribution in [0.4, 0.5) is 0 Å². The zero-order valence-electron chi connectivity index (χ0n) is 10.5. The van der Waals surface area contributed by atoms with Crippen LogP contribution in [-0.4, -0.2) is 48.3 Å². The average Bonchev–Trinajstić information content (AvgIpc) is 2.28. The van der Waals surface area contributed by atoms with Gasteiger partial charge in [-0.05, 0) is 19.6 Å². The molecule has 4 nitrogen and oxygen atoms in total. The van der Waals surface area contributed by atoms with Crippen molar-refractivity contribution >= 4 is 17.7 Å². The lowest BCUT2D eigenvalue weighted by molar-refractivity contribution is -0.120. The maximum Gasteiger partial charge on any atom is 0.233 e. The molecule has 0 bridgehead atoms. The summed E-state index contributed by atoms with van der Waals surface area (Å²) < 4.78 is 0. The van der Waals surface area contributed by atoms with Crippen molar-refractivity contribution in [3.8, 4) is 0 Å². The molecule has 0 saturated carbocycles. The summed E-state index contributed by atoms with van der Waals surface area (Å²) in [5, 5.41) is 15.2. The van der Waals surface area contributed by atoms with Crippen LogP contribution in [0.1, 0.15) is 26.7 Å². The number of carbonyl (C=O) groups is 1. The lowest BCUT2D eigenvalue weighted by Gasteiger charge is -2.21.